The largest absolute Gasteiger partial charge is 0.332 e. The Hall–Kier alpha value is -2.10. The number of nitrogens with zero attached hydrogens (tertiary/aromatic N) is 4. The van der Waals surface area contributed by atoms with Crippen molar-refractivity contribution in [3.63, 3.8) is 0 Å². The highest BCUT2D eigenvalue weighted by molar-refractivity contribution is 5.42. The zero-order valence-electron chi connectivity index (χ0n) is 15.9. The van der Waals surface area contributed by atoms with Crippen molar-refractivity contribution in [2.45, 2.75) is 67.3 Å². The van der Waals surface area contributed by atoms with Gasteiger partial charge in [-0.25, -0.2) is 9.97 Å². The summed E-state index contributed by atoms with van der Waals surface area (Å²) in [6.45, 7) is 13.6. The number of aryl methyl sites for hydroxylation is 4. The summed E-state index contributed by atoms with van der Waals surface area (Å²) in [4.78, 5) is 8.89. The van der Waals surface area contributed by atoms with Crippen molar-refractivity contribution in [2.24, 2.45) is 0 Å². The molecule has 0 radical (unpaired) electrons. The van der Waals surface area contributed by atoms with Crippen LogP contribution in [-0.4, -0.2) is 18.9 Å². The van der Waals surface area contributed by atoms with E-state index in [9.17, 15) is 0 Å². The zero-order valence-corrected chi connectivity index (χ0v) is 15.9. The second-order valence-corrected chi connectivity index (χ2v) is 6.02. The highest BCUT2D eigenvalue weighted by Crippen LogP contribution is 2.17. The van der Waals surface area contributed by atoms with E-state index in [1.807, 2.05) is 45.2 Å². The van der Waals surface area contributed by atoms with Crippen LogP contribution in [0.1, 0.15) is 55.3 Å². The molecule has 0 aliphatic carbocycles. The Kier molecular flexibility index (Phi) is 6.18. The number of imidazole rings is 2. The van der Waals surface area contributed by atoms with Gasteiger partial charge in [0, 0.05) is 30.6 Å². The molecule has 0 atom stereocenters. The molecule has 130 valence electrons. The molecule has 0 bridgehead atoms. The van der Waals surface area contributed by atoms with Crippen molar-refractivity contribution >= 4 is 5.65 Å². The van der Waals surface area contributed by atoms with E-state index in [1.165, 1.54) is 48.7 Å². The lowest BCUT2D eigenvalue weighted by Gasteiger charge is -2.14. The molecule has 0 amide bonds. The number of pyridine rings is 1. The van der Waals surface area contributed by atoms with Gasteiger partial charge in [-0.1, -0.05) is 19.9 Å². The molecule has 24 heavy (non-hydrogen) atoms. The van der Waals surface area contributed by atoms with Gasteiger partial charge >= 0.3 is 0 Å². The topological polar surface area (TPSA) is 35.1 Å². The number of aromatic nitrogens is 4. The molecule has 0 aromatic carbocycles. The van der Waals surface area contributed by atoms with Gasteiger partial charge in [-0.2, -0.15) is 0 Å². The second-order valence-electron chi connectivity index (χ2n) is 6.02. The minimum atomic E-state index is 1.03. The maximum absolute atomic E-state index is 4.51. The van der Waals surface area contributed by atoms with Crippen molar-refractivity contribution in [3.05, 3.63) is 53.0 Å². The lowest BCUT2D eigenvalue weighted by Crippen LogP contribution is -2.11. The van der Waals surface area contributed by atoms with E-state index >= 15 is 0 Å². The first-order chi connectivity index (χ1) is 11.6. The summed E-state index contributed by atoms with van der Waals surface area (Å²) in [7, 11) is 0. The molecule has 4 nitrogen and oxygen atoms in total. The van der Waals surface area contributed by atoms with Crippen LogP contribution in [0.5, 0.6) is 0 Å². The number of rotatable bonds is 0. The van der Waals surface area contributed by atoms with Gasteiger partial charge in [0.25, 0.3) is 0 Å². The standard InChI is InChI=1S/C9H14N2.C9H10N2.C2H6/c2*1-7-8(2)11-6-4-3-5-9(11)10-7;1-2/h3-6H2,1-2H3;3-6H,1-2H3;1-2H3. The van der Waals surface area contributed by atoms with Crippen molar-refractivity contribution in [1.29, 1.82) is 0 Å². The van der Waals surface area contributed by atoms with Crippen molar-refractivity contribution in [2.75, 3.05) is 0 Å². The van der Waals surface area contributed by atoms with Gasteiger partial charge in [0.2, 0.25) is 0 Å². The van der Waals surface area contributed by atoms with Crippen LogP contribution in [0.2, 0.25) is 0 Å². The highest BCUT2D eigenvalue weighted by Gasteiger charge is 2.13. The Morgan fingerprint density at radius 3 is 2.25 bits per heavy atom. The van der Waals surface area contributed by atoms with Crippen LogP contribution in [0.15, 0.2) is 24.4 Å². The summed E-state index contributed by atoms with van der Waals surface area (Å²) in [5.74, 6) is 1.30. The van der Waals surface area contributed by atoms with Crippen molar-refractivity contribution in [1.82, 2.24) is 18.9 Å². The Morgan fingerprint density at radius 1 is 0.875 bits per heavy atom. The fourth-order valence-electron chi connectivity index (χ4n) is 3.00. The molecule has 0 N–H and O–H groups in total. The maximum atomic E-state index is 4.51. The third-order valence-corrected chi connectivity index (χ3v) is 4.57. The molecule has 3 aromatic rings. The molecule has 3 aromatic heterocycles. The second kappa shape index (κ2) is 8.13. The van der Waals surface area contributed by atoms with Gasteiger partial charge in [-0.3, -0.25) is 0 Å². The van der Waals surface area contributed by atoms with E-state index in [0.29, 0.717) is 0 Å². The van der Waals surface area contributed by atoms with Crippen LogP contribution in [-0.2, 0) is 13.0 Å². The van der Waals surface area contributed by atoms with Crippen LogP contribution in [0.3, 0.4) is 0 Å². The number of hydrogen-bond donors (Lipinski definition) is 0. The molecule has 4 rings (SSSR count). The van der Waals surface area contributed by atoms with Gasteiger partial charge in [-0.15, -0.1) is 0 Å². The third kappa shape index (κ3) is 3.69. The molecule has 0 spiro atoms. The van der Waals surface area contributed by atoms with Crippen LogP contribution in [0, 0.1) is 27.7 Å². The van der Waals surface area contributed by atoms with Gasteiger partial charge in [0.1, 0.15) is 11.5 Å². The van der Waals surface area contributed by atoms with Crippen LogP contribution in [0.4, 0.5) is 0 Å². The predicted molar refractivity (Wildman–Crippen MR) is 101 cm³/mol. The molecule has 0 fully saturated rings. The zero-order chi connectivity index (χ0) is 17.7. The average molecular weight is 326 g/mol. The smallest absolute Gasteiger partial charge is 0.137 e. The summed E-state index contributed by atoms with van der Waals surface area (Å²) in [6.07, 6.45) is 5.85. The summed E-state index contributed by atoms with van der Waals surface area (Å²) in [5, 5.41) is 0. The molecule has 1 aliphatic heterocycles. The van der Waals surface area contributed by atoms with Gasteiger partial charge in [0.05, 0.1) is 11.4 Å². The number of hydrogen-bond acceptors (Lipinski definition) is 2. The molecule has 0 saturated carbocycles. The first kappa shape index (κ1) is 18.2. The highest BCUT2D eigenvalue weighted by atomic mass is 15.1. The predicted octanol–water partition coefficient (Wildman–Crippen LogP) is 4.81. The summed E-state index contributed by atoms with van der Waals surface area (Å²) in [6, 6.07) is 6.03. The summed E-state index contributed by atoms with van der Waals surface area (Å²) >= 11 is 0. The molecule has 4 heteroatoms. The molecule has 4 heterocycles. The van der Waals surface area contributed by atoms with Gasteiger partial charge in [-0.05, 0) is 52.7 Å². The minimum absolute atomic E-state index is 1.03. The molecular weight excluding hydrogens is 296 g/mol. The van der Waals surface area contributed by atoms with Crippen molar-refractivity contribution < 1.29 is 0 Å². The monoisotopic (exact) mass is 326 g/mol. The SMILES string of the molecule is CC.Cc1nc2ccccn2c1C.Cc1nc2n(c1C)CCCC2. The van der Waals surface area contributed by atoms with E-state index in [1.54, 1.807) is 0 Å². The number of fused-ring (bicyclic) bond motifs is 2. The van der Waals surface area contributed by atoms with Crippen LogP contribution in [0.25, 0.3) is 5.65 Å². The third-order valence-electron chi connectivity index (χ3n) is 4.57. The molecule has 0 unspecified atom stereocenters. The van der Waals surface area contributed by atoms with Crippen LogP contribution >= 0.6 is 0 Å². The molecule has 1 aliphatic rings. The van der Waals surface area contributed by atoms with Crippen molar-refractivity contribution in [3.8, 4) is 0 Å². The van der Waals surface area contributed by atoms with E-state index in [2.05, 4.69) is 39.7 Å². The minimum Gasteiger partial charge on any atom is -0.332 e. The Bertz CT molecular complexity index is 795. The molecule has 0 saturated heterocycles. The fraction of sp³-hybridized carbons (Fsp3) is 0.500. The van der Waals surface area contributed by atoms with E-state index in [0.717, 1.165) is 11.3 Å². The lowest BCUT2D eigenvalue weighted by atomic mass is 10.2. The lowest BCUT2D eigenvalue weighted by molar-refractivity contribution is 0.514. The average Bonchev–Trinajstić information content (AvgIpc) is 3.07. The first-order valence-electron chi connectivity index (χ1n) is 9.01. The Morgan fingerprint density at radius 2 is 1.58 bits per heavy atom. The van der Waals surface area contributed by atoms with Gasteiger partial charge < -0.3 is 8.97 Å². The maximum Gasteiger partial charge on any atom is 0.137 e. The molecular formula is C20H30N4. The normalized spacial score (nSPS) is 12.8. The first-order valence-corrected chi connectivity index (χ1v) is 9.01. The van der Waals surface area contributed by atoms with E-state index < -0.39 is 0 Å². The van der Waals surface area contributed by atoms with Gasteiger partial charge in [0.15, 0.2) is 0 Å². The van der Waals surface area contributed by atoms with Crippen LogP contribution < -0.4 is 0 Å². The fourth-order valence-corrected chi connectivity index (χ4v) is 3.00. The van der Waals surface area contributed by atoms with E-state index in [4.69, 9.17) is 0 Å². The quantitative estimate of drug-likeness (QED) is 0.594. The summed E-state index contributed by atoms with van der Waals surface area (Å²) < 4.78 is 4.45. The Labute approximate surface area is 145 Å². The van der Waals surface area contributed by atoms with E-state index in [-0.39, 0.29) is 0 Å². The summed E-state index contributed by atoms with van der Waals surface area (Å²) in [5.41, 5.74) is 5.93. The Balaban J connectivity index is 0.000000158.